The second-order valence-corrected chi connectivity index (χ2v) is 14.1. The predicted molar refractivity (Wildman–Crippen MR) is 201 cm³/mol. The minimum atomic E-state index is -1.57. The number of para-hydroxylation sites is 1. The minimum Gasteiger partial charge on any atom is -0.394 e. The number of benzene rings is 1. The molecule has 0 saturated carbocycles. The molecule has 11 N–H and O–H groups in total. The number of fused-ring (bicyclic) bond motifs is 1. The van der Waals surface area contributed by atoms with Gasteiger partial charge in [0.15, 0.2) is 0 Å². The second-order valence-electron chi connectivity index (χ2n) is 14.1. The molecule has 1 aromatic carbocycles. The van der Waals surface area contributed by atoms with Crippen LogP contribution < -0.4 is 37.7 Å². The summed E-state index contributed by atoms with van der Waals surface area (Å²) in [4.78, 5) is 86.5. The van der Waals surface area contributed by atoms with E-state index in [1.54, 1.807) is 6.20 Å². The molecular formula is C36H54N12O7. The first-order chi connectivity index (χ1) is 26.4. The molecule has 3 aromatic rings. The van der Waals surface area contributed by atoms with Gasteiger partial charge in [-0.15, -0.1) is 0 Å². The number of nitrogens with two attached hydrogens (primary N) is 1. The van der Waals surface area contributed by atoms with Crippen LogP contribution in [0.1, 0.15) is 77.0 Å². The zero-order valence-corrected chi connectivity index (χ0v) is 31.5. The van der Waals surface area contributed by atoms with Gasteiger partial charge < -0.3 is 42.4 Å². The normalized spacial score (nSPS) is 22.3. The van der Waals surface area contributed by atoms with Crippen molar-refractivity contribution in [2.45, 2.75) is 109 Å². The summed E-state index contributed by atoms with van der Waals surface area (Å²) in [5, 5.41) is 35.4. The molecule has 1 aliphatic rings. The van der Waals surface area contributed by atoms with Gasteiger partial charge in [-0.05, 0) is 56.2 Å². The van der Waals surface area contributed by atoms with Gasteiger partial charge >= 0.3 is 6.03 Å². The predicted octanol–water partition coefficient (Wildman–Crippen LogP) is -0.249. The number of carbonyl (C=O) groups is 6. The lowest BCUT2D eigenvalue weighted by Crippen LogP contribution is -2.63. The number of nitrogens with zero attached hydrogens (tertiary/aromatic N) is 3. The number of urea groups is 1. The largest absolute Gasteiger partial charge is 0.394 e. The van der Waals surface area contributed by atoms with E-state index in [1.165, 1.54) is 6.20 Å². The highest BCUT2D eigenvalue weighted by molar-refractivity contribution is 5.97. The number of aliphatic hydroxyl groups excluding tert-OH is 1. The number of aromatic nitrogens is 4. The minimum absolute atomic E-state index is 0.0191. The maximum Gasteiger partial charge on any atom is 0.337 e. The van der Waals surface area contributed by atoms with E-state index in [0.717, 1.165) is 15.9 Å². The second kappa shape index (κ2) is 20.8. The Hall–Kier alpha value is -5.56. The monoisotopic (exact) mass is 766 g/mol. The van der Waals surface area contributed by atoms with Crippen LogP contribution >= 0.6 is 0 Å². The molecule has 0 spiro atoms. The number of aliphatic hydroxyl groups is 1. The molecule has 19 nitrogen and oxygen atoms in total. The SMILES string of the molecule is CCCC[C@@H]1NC(=O)[C@@H](CC(C)C)NC(=O)[C@H](CCCCN)NC(=O)[C@@H](CO)NC(=O)N(Cc2cn[nH]n2)NC(=O)[C@@H](Cc2c[nH]c3ccccc23)NC1=O. The molecule has 0 radical (unpaired) electrons. The van der Waals surface area contributed by atoms with Crippen molar-refractivity contribution in [3.05, 3.63) is 47.9 Å². The molecule has 5 atom stereocenters. The summed E-state index contributed by atoms with van der Waals surface area (Å²) < 4.78 is 0. The van der Waals surface area contributed by atoms with E-state index in [2.05, 4.69) is 52.4 Å². The quantitative estimate of drug-likeness (QED) is 0.0961. The first-order valence-corrected chi connectivity index (χ1v) is 18.7. The zero-order valence-electron chi connectivity index (χ0n) is 31.5. The fourth-order valence-electron chi connectivity index (χ4n) is 6.22. The number of hydrogen-bond donors (Lipinski definition) is 10. The summed E-state index contributed by atoms with van der Waals surface area (Å²) in [6.07, 6.45) is 5.87. The Balaban J connectivity index is 1.76. The molecule has 19 heteroatoms. The zero-order chi connectivity index (χ0) is 39.9. The van der Waals surface area contributed by atoms with Crippen molar-refractivity contribution in [2.75, 3.05) is 13.2 Å². The van der Waals surface area contributed by atoms with Gasteiger partial charge in [0.1, 0.15) is 35.9 Å². The number of carbonyl (C=O) groups excluding carboxylic acids is 6. The summed E-state index contributed by atoms with van der Waals surface area (Å²) in [5.74, 6) is -3.65. The van der Waals surface area contributed by atoms with Gasteiger partial charge in [0.2, 0.25) is 23.6 Å². The van der Waals surface area contributed by atoms with Gasteiger partial charge in [-0.1, -0.05) is 51.8 Å². The molecule has 2 aromatic heterocycles. The number of amides is 7. The Bertz CT molecular complexity index is 1750. The van der Waals surface area contributed by atoms with Gasteiger partial charge in [0.05, 0.1) is 19.3 Å². The fraction of sp³-hybridized carbons (Fsp3) is 0.556. The lowest BCUT2D eigenvalue weighted by Gasteiger charge is -2.30. The number of rotatable bonds is 14. The summed E-state index contributed by atoms with van der Waals surface area (Å²) in [7, 11) is 0. The van der Waals surface area contributed by atoms with Gasteiger partial charge in [-0.3, -0.25) is 29.4 Å². The number of nitrogens with one attached hydrogen (secondary N) is 8. The van der Waals surface area contributed by atoms with Crippen LogP contribution in [0.2, 0.25) is 0 Å². The van der Waals surface area contributed by atoms with Crippen molar-refractivity contribution >= 4 is 46.5 Å². The van der Waals surface area contributed by atoms with E-state index in [-0.39, 0.29) is 43.8 Å². The van der Waals surface area contributed by atoms with Gasteiger partial charge in [-0.2, -0.15) is 15.4 Å². The molecule has 1 fully saturated rings. The van der Waals surface area contributed by atoms with Crippen LogP contribution in [0.25, 0.3) is 10.9 Å². The number of unbranched alkanes of at least 4 members (excludes halogenated alkanes) is 2. The maximum absolute atomic E-state index is 14.2. The Morgan fingerprint density at radius 3 is 2.07 bits per heavy atom. The number of hydrogen-bond acceptors (Lipinski definition) is 10. The third-order valence-corrected chi connectivity index (χ3v) is 9.20. The van der Waals surface area contributed by atoms with E-state index >= 15 is 0 Å². The highest BCUT2D eigenvalue weighted by atomic mass is 16.3. The third-order valence-electron chi connectivity index (χ3n) is 9.20. The first-order valence-electron chi connectivity index (χ1n) is 18.7. The van der Waals surface area contributed by atoms with Crippen LogP contribution in [0.4, 0.5) is 4.79 Å². The molecule has 0 aliphatic carbocycles. The van der Waals surface area contributed by atoms with E-state index in [9.17, 15) is 33.9 Å². The van der Waals surface area contributed by atoms with Crippen LogP contribution in [0.5, 0.6) is 0 Å². The highest BCUT2D eigenvalue weighted by Crippen LogP contribution is 2.20. The third kappa shape index (κ3) is 12.2. The Morgan fingerprint density at radius 1 is 0.800 bits per heavy atom. The average Bonchev–Trinajstić information content (AvgIpc) is 3.83. The molecule has 0 bridgehead atoms. The molecule has 300 valence electrons. The van der Waals surface area contributed by atoms with Gasteiger partial charge in [-0.25, -0.2) is 9.80 Å². The fourth-order valence-corrected chi connectivity index (χ4v) is 6.22. The smallest absolute Gasteiger partial charge is 0.337 e. The number of aromatic amines is 2. The summed E-state index contributed by atoms with van der Waals surface area (Å²) in [6, 6.07) is 0.237. The Morgan fingerprint density at radius 2 is 1.44 bits per heavy atom. The summed E-state index contributed by atoms with van der Waals surface area (Å²) >= 11 is 0. The lowest BCUT2D eigenvalue weighted by molar-refractivity contribution is -0.136. The van der Waals surface area contributed by atoms with Crippen LogP contribution in [0, 0.1) is 5.92 Å². The molecule has 4 rings (SSSR count). The molecular weight excluding hydrogens is 712 g/mol. The van der Waals surface area contributed by atoms with Crippen molar-refractivity contribution in [2.24, 2.45) is 11.7 Å². The van der Waals surface area contributed by atoms with Crippen LogP contribution in [0.15, 0.2) is 36.7 Å². The Labute approximate surface area is 319 Å². The molecule has 1 aliphatic heterocycles. The molecule has 55 heavy (non-hydrogen) atoms. The first kappa shape index (κ1) is 42.2. The highest BCUT2D eigenvalue weighted by Gasteiger charge is 2.35. The van der Waals surface area contributed by atoms with Crippen LogP contribution in [-0.4, -0.2) is 109 Å². The van der Waals surface area contributed by atoms with Crippen molar-refractivity contribution < 1.29 is 33.9 Å². The van der Waals surface area contributed by atoms with Crippen molar-refractivity contribution in [1.82, 2.24) is 57.4 Å². The molecule has 7 amide bonds. The molecule has 0 unspecified atom stereocenters. The van der Waals surface area contributed by atoms with E-state index in [4.69, 9.17) is 5.73 Å². The van der Waals surface area contributed by atoms with Crippen molar-refractivity contribution in [1.29, 1.82) is 0 Å². The van der Waals surface area contributed by atoms with Crippen molar-refractivity contribution in [3.8, 4) is 0 Å². The van der Waals surface area contributed by atoms with Crippen LogP contribution in [0.3, 0.4) is 0 Å². The van der Waals surface area contributed by atoms with Crippen LogP contribution in [-0.2, 0) is 36.9 Å². The standard InChI is InChI=1S/C36H54N12O7/c1-4-5-11-26-31(50)43-29(16-22-17-38-25-12-7-6-10-24(22)25)35(54)46-48(19-23-18-39-47-45-23)36(55)44-30(20-49)34(53)41-27(13-8-9-14-37)32(51)42-28(15-21(2)3)33(52)40-26/h6-7,10,12,17-18,21,26-30,38,49H,4-5,8-9,11,13-16,19-20,37H2,1-3H3,(H,40,52)(H,41,53)(H,42,51)(H,43,50)(H,44,55)(H,46,54)(H,39,45,47)/t26-,27-,28+,29+,30+/m0/s1. The molecule has 3 heterocycles. The maximum atomic E-state index is 14.2. The lowest BCUT2D eigenvalue weighted by atomic mass is 10.00. The van der Waals surface area contributed by atoms with Gasteiger partial charge in [0, 0.05) is 23.5 Å². The van der Waals surface area contributed by atoms with E-state index in [1.807, 2.05) is 45.0 Å². The summed E-state index contributed by atoms with van der Waals surface area (Å²) in [6.45, 7) is 4.83. The average molecular weight is 767 g/mol. The molecule has 1 saturated heterocycles. The Kier molecular flexibility index (Phi) is 15.9. The van der Waals surface area contributed by atoms with E-state index < -0.39 is 72.4 Å². The summed E-state index contributed by atoms with van der Waals surface area (Å²) in [5.41, 5.74) is 9.95. The number of hydrazine groups is 1. The topological polar surface area (TPSA) is 281 Å². The van der Waals surface area contributed by atoms with Crippen molar-refractivity contribution in [3.63, 3.8) is 0 Å². The number of H-pyrrole nitrogens is 2. The van der Waals surface area contributed by atoms with Gasteiger partial charge in [0.25, 0.3) is 5.91 Å². The van der Waals surface area contributed by atoms with E-state index in [0.29, 0.717) is 37.8 Å².